The average molecular weight is 321 g/mol. The number of nitrogens with zero attached hydrogens (tertiary/aromatic N) is 1. The molecule has 1 N–H and O–H groups in total. The van der Waals surface area contributed by atoms with Gasteiger partial charge >= 0.3 is 0 Å². The largest absolute Gasteiger partial charge is 0.497 e. The van der Waals surface area contributed by atoms with Gasteiger partial charge in [-0.05, 0) is 36.0 Å². The van der Waals surface area contributed by atoms with Crippen LogP contribution in [0.5, 0.6) is 5.75 Å². The van der Waals surface area contributed by atoms with Crippen LogP contribution in [0, 0.1) is 0 Å². The predicted molar refractivity (Wildman–Crippen MR) is 92.1 cm³/mol. The third-order valence-electron chi connectivity index (χ3n) is 3.03. The van der Waals surface area contributed by atoms with Gasteiger partial charge in [0.05, 0.1) is 7.11 Å². The first-order valence-corrected chi connectivity index (χ1v) is 7.28. The molecule has 0 atom stereocenters. The third kappa shape index (κ3) is 4.34. The Bertz CT molecular complexity index is 633. The normalized spacial score (nSPS) is 10.0. The van der Waals surface area contributed by atoms with Crippen molar-refractivity contribution in [3.63, 3.8) is 0 Å². The highest BCUT2D eigenvalue weighted by molar-refractivity contribution is 7.80. The molecular weight excluding hydrogens is 304 g/mol. The molecule has 0 aliphatic carbocycles. The van der Waals surface area contributed by atoms with E-state index in [1.54, 1.807) is 7.11 Å². The van der Waals surface area contributed by atoms with E-state index in [9.17, 15) is 0 Å². The van der Waals surface area contributed by atoms with Crippen LogP contribution >= 0.6 is 23.8 Å². The van der Waals surface area contributed by atoms with E-state index in [1.165, 1.54) is 0 Å². The van der Waals surface area contributed by atoms with Crippen molar-refractivity contribution in [2.24, 2.45) is 0 Å². The fraction of sp³-hybridized carbons (Fsp3) is 0.188. The monoisotopic (exact) mass is 320 g/mol. The molecule has 0 spiro atoms. The molecule has 110 valence electrons. The van der Waals surface area contributed by atoms with Gasteiger partial charge in [0.15, 0.2) is 5.11 Å². The summed E-state index contributed by atoms with van der Waals surface area (Å²) in [6.07, 6.45) is 0. The Morgan fingerprint density at radius 2 is 2.00 bits per heavy atom. The Morgan fingerprint density at radius 3 is 2.71 bits per heavy atom. The predicted octanol–water partition coefficient (Wildman–Crippen LogP) is 4.18. The number of hydrogen-bond donors (Lipinski definition) is 1. The second-order valence-corrected chi connectivity index (χ2v) is 5.40. The van der Waals surface area contributed by atoms with Crippen molar-refractivity contribution in [2.45, 2.75) is 6.54 Å². The molecule has 0 fully saturated rings. The quantitative estimate of drug-likeness (QED) is 0.854. The molecule has 0 aromatic heterocycles. The van der Waals surface area contributed by atoms with Gasteiger partial charge in [0.2, 0.25) is 0 Å². The Hall–Kier alpha value is -1.78. The van der Waals surface area contributed by atoms with Crippen LogP contribution in [0.25, 0.3) is 0 Å². The highest BCUT2D eigenvalue weighted by Crippen LogP contribution is 2.19. The molecule has 2 rings (SSSR count). The van der Waals surface area contributed by atoms with Crippen LogP contribution in [0.1, 0.15) is 5.56 Å². The SMILES string of the molecule is COc1cccc(NC(=S)N(C)Cc2ccccc2Cl)c1. The maximum Gasteiger partial charge on any atom is 0.173 e. The smallest absolute Gasteiger partial charge is 0.173 e. The number of benzene rings is 2. The number of methoxy groups -OCH3 is 1. The number of thiocarbonyl (C=S) groups is 1. The van der Waals surface area contributed by atoms with Crippen LogP contribution in [-0.2, 0) is 6.54 Å². The van der Waals surface area contributed by atoms with E-state index >= 15 is 0 Å². The zero-order valence-electron chi connectivity index (χ0n) is 12.0. The van der Waals surface area contributed by atoms with Gasteiger partial charge in [-0.15, -0.1) is 0 Å². The number of rotatable bonds is 4. The number of nitrogens with one attached hydrogen (secondary N) is 1. The molecule has 0 bridgehead atoms. The summed E-state index contributed by atoms with van der Waals surface area (Å²) in [5, 5.41) is 4.56. The molecule has 0 amide bonds. The summed E-state index contributed by atoms with van der Waals surface area (Å²) in [6.45, 7) is 0.648. The molecular formula is C16H17ClN2OS. The summed E-state index contributed by atoms with van der Waals surface area (Å²) in [5.74, 6) is 0.788. The van der Waals surface area contributed by atoms with E-state index in [0.29, 0.717) is 11.7 Å². The zero-order chi connectivity index (χ0) is 15.2. The lowest BCUT2D eigenvalue weighted by molar-refractivity contribution is 0.415. The van der Waals surface area contributed by atoms with E-state index < -0.39 is 0 Å². The van der Waals surface area contributed by atoms with E-state index in [2.05, 4.69) is 5.32 Å². The number of hydrogen-bond acceptors (Lipinski definition) is 2. The van der Waals surface area contributed by atoms with Crippen LogP contribution in [0.15, 0.2) is 48.5 Å². The molecule has 2 aromatic rings. The van der Waals surface area contributed by atoms with Crippen molar-refractivity contribution in [1.29, 1.82) is 0 Å². The molecule has 5 heteroatoms. The summed E-state index contributed by atoms with van der Waals surface area (Å²) in [4.78, 5) is 1.94. The lowest BCUT2D eigenvalue weighted by Crippen LogP contribution is -2.30. The zero-order valence-corrected chi connectivity index (χ0v) is 13.5. The van der Waals surface area contributed by atoms with Crippen molar-refractivity contribution >= 4 is 34.6 Å². The Kier molecular flexibility index (Phi) is 5.42. The number of ether oxygens (including phenoxy) is 1. The van der Waals surface area contributed by atoms with Crippen molar-refractivity contribution in [3.05, 3.63) is 59.1 Å². The van der Waals surface area contributed by atoms with Gasteiger partial charge in [0.25, 0.3) is 0 Å². The van der Waals surface area contributed by atoms with Gasteiger partial charge in [-0.2, -0.15) is 0 Å². The molecule has 0 saturated heterocycles. The summed E-state index contributed by atoms with van der Waals surface area (Å²) in [5.41, 5.74) is 1.93. The van der Waals surface area contributed by atoms with Crippen LogP contribution in [0.4, 0.5) is 5.69 Å². The topological polar surface area (TPSA) is 24.5 Å². The van der Waals surface area contributed by atoms with E-state index in [4.69, 9.17) is 28.6 Å². The fourth-order valence-corrected chi connectivity index (χ4v) is 2.25. The van der Waals surface area contributed by atoms with Gasteiger partial charge in [-0.3, -0.25) is 0 Å². The molecule has 2 aromatic carbocycles. The van der Waals surface area contributed by atoms with Crippen LogP contribution < -0.4 is 10.1 Å². The molecule has 0 saturated carbocycles. The second-order valence-electron chi connectivity index (χ2n) is 4.61. The Morgan fingerprint density at radius 1 is 1.24 bits per heavy atom. The molecule has 0 aliphatic rings. The van der Waals surface area contributed by atoms with Crippen LogP contribution in [0.3, 0.4) is 0 Å². The summed E-state index contributed by atoms with van der Waals surface area (Å²) >= 11 is 11.6. The molecule has 0 aliphatic heterocycles. The molecule has 3 nitrogen and oxygen atoms in total. The first kappa shape index (κ1) is 15.6. The van der Waals surface area contributed by atoms with Gasteiger partial charge in [-0.25, -0.2) is 0 Å². The highest BCUT2D eigenvalue weighted by atomic mass is 35.5. The van der Waals surface area contributed by atoms with E-state index in [-0.39, 0.29) is 0 Å². The minimum Gasteiger partial charge on any atom is -0.497 e. The minimum atomic E-state index is 0.628. The highest BCUT2D eigenvalue weighted by Gasteiger charge is 2.08. The summed E-state index contributed by atoms with van der Waals surface area (Å²) in [6, 6.07) is 15.4. The Labute approximate surface area is 135 Å². The first-order valence-electron chi connectivity index (χ1n) is 6.49. The van der Waals surface area contributed by atoms with Crippen molar-refractivity contribution in [3.8, 4) is 5.75 Å². The van der Waals surface area contributed by atoms with E-state index in [1.807, 2.05) is 60.5 Å². The Balaban J connectivity index is 2.01. The van der Waals surface area contributed by atoms with Crippen LogP contribution in [-0.4, -0.2) is 24.2 Å². The fourth-order valence-electron chi connectivity index (χ4n) is 1.87. The number of anilines is 1. The summed E-state index contributed by atoms with van der Waals surface area (Å²) < 4.78 is 5.19. The standard InChI is InChI=1S/C16H17ClN2OS/c1-19(11-12-6-3-4-9-15(12)17)16(21)18-13-7-5-8-14(10-13)20-2/h3-10H,11H2,1-2H3,(H,18,21). The van der Waals surface area contributed by atoms with Crippen molar-refractivity contribution in [1.82, 2.24) is 4.90 Å². The third-order valence-corrected chi connectivity index (χ3v) is 3.82. The van der Waals surface area contributed by atoms with Gasteiger partial charge in [0, 0.05) is 30.4 Å². The maximum absolute atomic E-state index is 6.17. The number of halogens is 1. The lowest BCUT2D eigenvalue weighted by Gasteiger charge is -2.21. The van der Waals surface area contributed by atoms with Crippen LogP contribution in [0.2, 0.25) is 5.02 Å². The summed E-state index contributed by atoms with van der Waals surface area (Å²) in [7, 11) is 3.57. The minimum absolute atomic E-state index is 0.628. The van der Waals surface area contributed by atoms with Crippen molar-refractivity contribution < 1.29 is 4.74 Å². The first-order chi connectivity index (χ1) is 10.1. The molecule has 21 heavy (non-hydrogen) atoms. The molecule has 0 unspecified atom stereocenters. The van der Waals surface area contributed by atoms with Gasteiger partial charge < -0.3 is 15.0 Å². The lowest BCUT2D eigenvalue weighted by atomic mass is 10.2. The van der Waals surface area contributed by atoms with Gasteiger partial charge in [-0.1, -0.05) is 35.9 Å². The molecule has 0 heterocycles. The van der Waals surface area contributed by atoms with Gasteiger partial charge in [0.1, 0.15) is 5.75 Å². The second kappa shape index (κ2) is 7.29. The van der Waals surface area contributed by atoms with E-state index in [0.717, 1.165) is 22.0 Å². The molecule has 0 radical (unpaired) electrons. The average Bonchev–Trinajstić information content (AvgIpc) is 2.49. The maximum atomic E-state index is 6.17. The van der Waals surface area contributed by atoms with Crippen molar-refractivity contribution in [2.75, 3.05) is 19.5 Å².